The first-order chi connectivity index (χ1) is 13.4. The van der Waals surface area contributed by atoms with Gasteiger partial charge in [0.05, 0.1) is 5.54 Å². The first kappa shape index (κ1) is 20.7. The van der Waals surface area contributed by atoms with E-state index in [0.717, 1.165) is 32.1 Å². The lowest BCUT2D eigenvalue weighted by atomic mass is 9.71. The van der Waals surface area contributed by atoms with Gasteiger partial charge in [0.15, 0.2) is 0 Å². The van der Waals surface area contributed by atoms with Crippen molar-refractivity contribution in [2.24, 2.45) is 16.2 Å². The molecule has 1 aromatic carbocycles. The minimum Gasteiger partial charge on any atom is -0.286 e. The molecule has 2 fully saturated rings. The van der Waals surface area contributed by atoms with Gasteiger partial charge < -0.3 is 0 Å². The van der Waals surface area contributed by atoms with Gasteiger partial charge in [0, 0.05) is 13.5 Å². The predicted octanol–water partition coefficient (Wildman–Crippen LogP) is 3.97. The molecule has 0 aromatic heterocycles. The summed E-state index contributed by atoms with van der Waals surface area (Å²) in [5.74, 6) is 0.691. The summed E-state index contributed by atoms with van der Waals surface area (Å²) in [6.45, 7) is 0. The monoisotopic (exact) mass is 404 g/mol. The Balaban J connectivity index is 1.70. The summed E-state index contributed by atoms with van der Waals surface area (Å²) < 4.78 is 27.0. The molecule has 4 atom stereocenters. The second kappa shape index (κ2) is 9.01. The molecule has 3 rings (SSSR count). The molecule has 0 saturated heterocycles. The van der Waals surface area contributed by atoms with Crippen LogP contribution in [0.25, 0.3) is 0 Å². The molecule has 4 unspecified atom stereocenters. The van der Waals surface area contributed by atoms with Crippen LogP contribution in [0.3, 0.4) is 0 Å². The van der Waals surface area contributed by atoms with Gasteiger partial charge in [-0.3, -0.25) is 10.0 Å². The second-order valence-corrected chi connectivity index (χ2v) is 8.59. The molecule has 2 bridgehead atoms. The van der Waals surface area contributed by atoms with Gasteiger partial charge in [0.1, 0.15) is 0 Å². The number of benzene rings is 1. The largest absolute Gasteiger partial charge is 0.311 e. The summed E-state index contributed by atoms with van der Waals surface area (Å²) >= 11 is 0. The number of unbranched alkanes of at least 4 members (excludes halogenated alkanes) is 1. The molecule has 2 aliphatic rings. The van der Waals surface area contributed by atoms with Crippen molar-refractivity contribution in [2.45, 2.75) is 56.4 Å². The van der Waals surface area contributed by atoms with Gasteiger partial charge in [-0.15, -0.1) is 0 Å². The van der Waals surface area contributed by atoms with Gasteiger partial charge >= 0.3 is 10.5 Å². The van der Waals surface area contributed by atoms with E-state index in [1.807, 2.05) is 18.2 Å². The maximum atomic E-state index is 11.4. The van der Waals surface area contributed by atoms with Gasteiger partial charge in [-0.1, -0.05) is 42.5 Å². The highest BCUT2D eigenvalue weighted by molar-refractivity contribution is 7.61. The molecule has 2 saturated carbocycles. The van der Waals surface area contributed by atoms with Crippen LogP contribution in [0.15, 0.2) is 46.8 Å². The Morgan fingerprint density at radius 1 is 1.32 bits per heavy atom. The number of carbonyl (C=O) groups is 1. The highest BCUT2D eigenvalue weighted by Gasteiger charge is 2.58. The fourth-order valence-electron chi connectivity index (χ4n) is 5.14. The lowest BCUT2D eigenvalue weighted by Crippen LogP contribution is -2.34. The predicted molar refractivity (Wildman–Crippen MR) is 106 cm³/mol. The van der Waals surface area contributed by atoms with Crippen LogP contribution >= 0.6 is 0 Å². The Morgan fingerprint density at radius 3 is 2.75 bits per heavy atom. The summed E-state index contributed by atoms with van der Waals surface area (Å²) in [4.78, 5) is 11.4. The zero-order chi connectivity index (χ0) is 20.1. The quantitative estimate of drug-likeness (QED) is 0.307. The highest BCUT2D eigenvalue weighted by atomic mass is 32.2. The van der Waals surface area contributed by atoms with Crippen LogP contribution in [-0.2, 0) is 15.3 Å². The van der Waals surface area contributed by atoms with E-state index in [9.17, 15) is 13.2 Å². The average molecular weight is 405 g/mol. The first-order valence-electron chi connectivity index (χ1n) is 9.90. The number of amides is 1. The lowest BCUT2D eigenvalue weighted by molar-refractivity contribution is -0.159. The molecule has 6 nitrogen and oxygen atoms in total. The summed E-state index contributed by atoms with van der Waals surface area (Å²) in [6, 6.07) is 10.4. The van der Waals surface area contributed by atoms with Crippen molar-refractivity contribution in [3.05, 3.63) is 48.0 Å². The Bertz CT molecular complexity index is 842. The Hall–Kier alpha value is -1.99. The third-order valence-corrected chi connectivity index (χ3v) is 6.83. The van der Waals surface area contributed by atoms with Crippen LogP contribution in [0.1, 0.15) is 56.4 Å². The molecule has 152 valence electrons. The third-order valence-electron chi connectivity index (χ3n) is 6.32. The smallest absolute Gasteiger partial charge is 0.286 e. The summed E-state index contributed by atoms with van der Waals surface area (Å²) in [7, 11) is -1.06. The van der Waals surface area contributed by atoms with E-state index in [2.05, 4.69) is 28.6 Å². The number of allylic oxidation sites excluding steroid dienone is 2. The van der Waals surface area contributed by atoms with Crippen molar-refractivity contribution < 1.29 is 18.4 Å². The molecule has 1 N–H and O–H groups in total. The molecule has 1 aromatic rings. The molecule has 0 aliphatic heterocycles. The number of carbonyl (C=O) groups excluding carboxylic acids is 1. The van der Waals surface area contributed by atoms with Gasteiger partial charge in [-0.05, 0) is 61.8 Å². The maximum absolute atomic E-state index is 11.4. The topological polar surface area (TPSA) is 87.0 Å². The zero-order valence-electron chi connectivity index (χ0n) is 16.2. The summed E-state index contributed by atoms with van der Waals surface area (Å²) in [5, 5.41) is 9.69. The van der Waals surface area contributed by atoms with Gasteiger partial charge in [0.25, 0.3) is 0 Å². The molecule has 0 spiro atoms. The van der Waals surface area contributed by atoms with Gasteiger partial charge in [-0.25, -0.2) is 5.06 Å². The normalized spacial score (nSPS) is 28.6. The molecule has 28 heavy (non-hydrogen) atoms. The SMILES string of the molecule is CN(O)C(=O)CCCC=CCC1C(c2ccccc2)C2CCC1(N=S(=O)=O)C2. The Morgan fingerprint density at radius 2 is 2.07 bits per heavy atom. The average Bonchev–Trinajstić information content (AvgIpc) is 3.20. The molecular formula is C21H28N2O4S. The molecular weight excluding hydrogens is 376 g/mol. The van der Waals surface area contributed by atoms with E-state index in [4.69, 9.17) is 5.21 Å². The standard InChI is InChI=1S/C21H28N2O4S/c1-23(25)19(24)12-8-3-2-7-11-18-20(16-9-5-4-6-10-16)17-13-14-21(18,15-17)22-28(26)27/h2,4-7,9-10,17-18,20,25H,3,8,11-15H2,1H3. The Labute approximate surface area is 167 Å². The number of hydrogen-bond acceptors (Lipinski definition) is 5. The van der Waals surface area contributed by atoms with Crippen molar-refractivity contribution in [1.82, 2.24) is 5.06 Å². The summed E-state index contributed by atoms with van der Waals surface area (Å²) in [6.07, 6.45) is 9.39. The number of nitrogens with zero attached hydrogens (tertiary/aromatic N) is 2. The third kappa shape index (κ3) is 4.52. The van der Waals surface area contributed by atoms with Crippen LogP contribution in [-0.4, -0.2) is 37.2 Å². The van der Waals surface area contributed by atoms with Gasteiger partial charge in [0.2, 0.25) is 5.91 Å². The van der Waals surface area contributed by atoms with E-state index in [1.54, 1.807) is 0 Å². The van der Waals surface area contributed by atoms with Crippen molar-refractivity contribution in [3.8, 4) is 0 Å². The van der Waals surface area contributed by atoms with Crippen LogP contribution < -0.4 is 0 Å². The summed E-state index contributed by atoms with van der Waals surface area (Å²) in [5.41, 5.74) is 0.800. The number of fused-ring (bicyclic) bond motifs is 2. The number of hydrogen-bond donors (Lipinski definition) is 1. The van der Waals surface area contributed by atoms with Gasteiger partial charge in [-0.2, -0.15) is 12.8 Å². The zero-order valence-corrected chi connectivity index (χ0v) is 17.0. The van der Waals surface area contributed by atoms with Crippen LogP contribution in [0.4, 0.5) is 0 Å². The minimum atomic E-state index is -2.40. The molecule has 1 amide bonds. The molecule has 2 aliphatic carbocycles. The second-order valence-electron chi connectivity index (χ2n) is 7.97. The molecule has 0 heterocycles. The number of hydroxylamine groups is 2. The van der Waals surface area contributed by atoms with Crippen LogP contribution in [0, 0.1) is 11.8 Å². The highest BCUT2D eigenvalue weighted by Crippen LogP contribution is 2.61. The fraction of sp³-hybridized carbons (Fsp3) is 0.571. The molecule has 0 radical (unpaired) electrons. The minimum absolute atomic E-state index is 0.174. The van der Waals surface area contributed by atoms with Crippen molar-refractivity contribution in [1.29, 1.82) is 0 Å². The van der Waals surface area contributed by atoms with E-state index >= 15 is 0 Å². The van der Waals surface area contributed by atoms with E-state index in [0.29, 0.717) is 29.7 Å². The van der Waals surface area contributed by atoms with Crippen LogP contribution in [0.2, 0.25) is 0 Å². The van der Waals surface area contributed by atoms with Crippen molar-refractivity contribution >= 4 is 16.4 Å². The first-order valence-corrected chi connectivity index (χ1v) is 10.9. The Kier molecular flexibility index (Phi) is 6.67. The lowest BCUT2D eigenvalue weighted by Gasteiger charge is -2.35. The number of rotatable bonds is 8. The van der Waals surface area contributed by atoms with Crippen molar-refractivity contribution in [2.75, 3.05) is 7.05 Å². The van der Waals surface area contributed by atoms with E-state index in [-0.39, 0.29) is 11.8 Å². The van der Waals surface area contributed by atoms with Crippen molar-refractivity contribution in [3.63, 3.8) is 0 Å². The van der Waals surface area contributed by atoms with Crippen LogP contribution in [0.5, 0.6) is 0 Å². The van der Waals surface area contributed by atoms with E-state index in [1.165, 1.54) is 12.6 Å². The van der Waals surface area contributed by atoms with E-state index < -0.39 is 16.0 Å². The maximum Gasteiger partial charge on any atom is 0.311 e. The molecule has 7 heteroatoms. The fourth-order valence-corrected chi connectivity index (χ4v) is 5.74.